The van der Waals surface area contributed by atoms with E-state index in [1.54, 1.807) is 0 Å². The van der Waals surface area contributed by atoms with E-state index >= 15 is 0 Å². The van der Waals surface area contributed by atoms with Crippen LogP contribution in [-0.4, -0.2) is 0 Å². The zero-order valence-corrected chi connectivity index (χ0v) is 11.4. The summed E-state index contributed by atoms with van der Waals surface area (Å²) in [5.74, 6) is 0.721. The minimum Gasteiger partial charge on any atom is -0.399 e. The Kier molecular flexibility index (Phi) is 5.27. The van der Waals surface area contributed by atoms with Crippen molar-refractivity contribution >= 4 is 5.69 Å². The predicted molar refractivity (Wildman–Crippen MR) is 77.3 cm³/mol. The van der Waals surface area contributed by atoms with E-state index in [0.717, 1.165) is 30.9 Å². The molecule has 1 aromatic carbocycles. The average molecular weight is 231 g/mol. The van der Waals surface area contributed by atoms with Gasteiger partial charge in [0.2, 0.25) is 0 Å². The van der Waals surface area contributed by atoms with Crippen molar-refractivity contribution in [3.05, 3.63) is 41.5 Å². The van der Waals surface area contributed by atoms with Gasteiger partial charge in [0.05, 0.1) is 0 Å². The molecule has 0 amide bonds. The standard InChI is InChI=1S/C16H25N/c1-5-8-13-10-15(17)11-14(16(13)7-3)9-12(4)6-2/h5,10-12H,1,6-9,17H2,2-4H3. The van der Waals surface area contributed by atoms with Crippen molar-refractivity contribution in [3.8, 4) is 0 Å². The Morgan fingerprint density at radius 1 is 1.29 bits per heavy atom. The second kappa shape index (κ2) is 6.48. The van der Waals surface area contributed by atoms with E-state index in [0.29, 0.717) is 0 Å². The van der Waals surface area contributed by atoms with Gasteiger partial charge in [-0.05, 0) is 54.0 Å². The highest BCUT2D eigenvalue weighted by Gasteiger charge is 2.10. The van der Waals surface area contributed by atoms with Gasteiger partial charge in [-0.1, -0.05) is 33.3 Å². The van der Waals surface area contributed by atoms with Crippen LogP contribution in [0.5, 0.6) is 0 Å². The Labute approximate surface area is 106 Å². The Bertz CT molecular complexity index is 379. The Morgan fingerprint density at radius 3 is 2.47 bits per heavy atom. The Balaban J connectivity index is 3.12. The molecule has 1 nitrogen and oxygen atoms in total. The molecular weight excluding hydrogens is 206 g/mol. The Hall–Kier alpha value is -1.24. The molecule has 0 aromatic heterocycles. The molecule has 0 fully saturated rings. The fourth-order valence-corrected chi connectivity index (χ4v) is 2.32. The first kappa shape index (κ1) is 13.8. The highest BCUT2D eigenvalue weighted by Crippen LogP contribution is 2.24. The molecule has 0 saturated carbocycles. The topological polar surface area (TPSA) is 26.0 Å². The molecule has 0 radical (unpaired) electrons. The van der Waals surface area contributed by atoms with Gasteiger partial charge in [-0.25, -0.2) is 0 Å². The number of hydrogen-bond donors (Lipinski definition) is 1. The van der Waals surface area contributed by atoms with Crippen LogP contribution in [0.15, 0.2) is 24.8 Å². The lowest BCUT2D eigenvalue weighted by molar-refractivity contribution is 0.557. The molecule has 0 heterocycles. The van der Waals surface area contributed by atoms with Crippen LogP contribution in [0.3, 0.4) is 0 Å². The van der Waals surface area contributed by atoms with Crippen molar-refractivity contribution in [1.29, 1.82) is 0 Å². The molecule has 0 saturated heterocycles. The minimum atomic E-state index is 0.721. The highest BCUT2D eigenvalue weighted by molar-refractivity contribution is 5.50. The molecule has 1 aromatic rings. The number of allylic oxidation sites excluding steroid dienone is 1. The predicted octanol–water partition coefficient (Wildman–Crippen LogP) is 4.15. The quantitative estimate of drug-likeness (QED) is 0.577. The smallest absolute Gasteiger partial charge is 0.0319 e. The Morgan fingerprint density at radius 2 is 1.94 bits per heavy atom. The molecule has 0 aliphatic heterocycles. The van der Waals surface area contributed by atoms with Gasteiger partial charge in [-0.2, -0.15) is 0 Å². The molecule has 17 heavy (non-hydrogen) atoms. The van der Waals surface area contributed by atoms with Gasteiger partial charge in [0, 0.05) is 5.69 Å². The molecule has 1 heteroatoms. The summed E-state index contributed by atoms with van der Waals surface area (Å²) in [6, 6.07) is 4.25. The van der Waals surface area contributed by atoms with E-state index in [1.807, 2.05) is 6.08 Å². The van der Waals surface area contributed by atoms with Crippen molar-refractivity contribution in [1.82, 2.24) is 0 Å². The number of benzene rings is 1. The number of anilines is 1. The molecule has 2 N–H and O–H groups in total. The van der Waals surface area contributed by atoms with Gasteiger partial charge in [-0.15, -0.1) is 6.58 Å². The summed E-state index contributed by atoms with van der Waals surface area (Å²) in [6.07, 6.45) is 6.31. The molecule has 1 unspecified atom stereocenters. The van der Waals surface area contributed by atoms with Crippen molar-refractivity contribution < 1.29 is 0 Å². The third-order valence-electron chi connectivity index (χ3n) is 3.44. The van der Waals surface area contributed by atoms with Crippen LogP contribution in [0.1, 0.15) is 43.9 Å². The van der Waals surface area contributed by atoms with Gasteiger partial charge in [0.15, 0.2) is 0 Å². The number of hydrogen-bond acceptors (Lipinski definition) is 1. The second-order valence-electron chi connectivity index (χ2n) is 4.88. The second-order valence-corrected chi connectivity index (χ2v) is 4.88. The molecule has 0 spiro atoms. The normalized spacial score (nSPS) is 12.4. The van der Waals surface area contributed by atoms with Gasteiger partial charge in [0.1, 0.15) is 0 Å². The van der Waals surface area contributed by atoms with E-state index in [-0.39, 0.29) is 0 Å². The van der Waals surface area contributed by atoms with Crippen LogP contribution in [0.25, 0.3) is 0 Å². The summed E-state index contributed by atoms with van der Waals surface area (Å²) in [5, 5.41) is 0. The average Bonchev–Trinajstić information content (AvgIpc) is 2.29. The van der Waals surface area contributed by atoms with E-state index in [4.69, 9.17) is 5.73 Å². The van der Waals surface area contributed by atoms with Crippen LogP contribution in [0, 0.1) is 5.92 Å². The first-order chi connectivity index (χ1) is 8.12. The summed E-state index contributed by atoms with van der Waals surface area (Å²) < 4.78 is 0. The summed E-state index contributed by atoms with van der Waals surface area (Å²) >= 11 is 0. The molecule has 94 valence electrons. The van der Waals surface area contributed by atoms with Gasteiger partial charge < -0.3 is 5.73 Å². The molecule has 0 aliphatic carbocycles. The van der Waals surface area contributed by atoms with Gasteiger partial charge >= 0.3 is 0 Å². The van der Waals surface area contributed by atoms with Crippen molar-refractivity contribution in [2.75, 3.05) is 5.73 Å². The fraction of sp³-hybridized carbons (Fsp3) is 0.500. The SMILES string of the molecule is C=CCc1cc(N)cc(CC(C)CC)c1CC. The maximum absolute atomic E-state index is 6.00. The highest BCUT2D eigenvalue weighted by atomic mass is 14.5. The first-order valence-electron chi connectivity index (χ1n) is 6.63. The monoisotopic (exact) mass is 231 g/mol. The van der Waals surface area contributed by atoms with E-state index < -0.39 is 0 Å². The van der Waals surface area contributed by atoms with E-state index in [9.17, 15) is 0 Å². The van der Waals surface area contributed by atoms with Crippen LogP contribution >= 0.6 is 0 Å². The van der Waals surface area contributed by atoms with Crippen molar-refractivity contribution in [2.45, 2.75) is 46.5 Å². The largest absolute Gasteiger partial charge is 0.399 e. The third kappa shape index (κ3) is 3.62. The maximum atomic E-state index is 6.00. The minimum absolute atomic E-state index is 0.721. The molecule has 1 rings (SSSR count). The fourth-order valence-electron chi connectivity index (χ4n) is 2.32. The summed E-state index contributed by atoms with van der Waals surface area (Å²) in [6.45, 7) is 10.6. The molecule has 0 bridgehead atoms. The van der Waals surface area contributed by atoms with Gasteiger partial charge in [-0.3, -0.25) is 0 Å². The van der Waals surface area contributed by atoms with Crippen LogP contribution in [0.4, 0.5) is 5.69 Å². The maximum Gasteiger partial charge on any atom is 0.0319 e. The number of nitrogen functional groups attached to an aromatic ring is 1. The number of nitrogens with two attached hydrogens (primary N) is 1. The summed E-state index contributed by atoms with van der Waals surface area (Å²) in [5.41, 5.74) is 11.1. The summed E-state index contributed by atoms with van der Waals surface area (Å²) in [7, 11) is 0. The van der Waals surface area contributed by atoms with Crippen LogP contribution in [-0.2, 0) is 19.3 Å². The molecule has 1 atom stereocenters. The number of rotatable bonds is 6. The van der Waals surface area contributed by atoms with Crippen LogP contribution < -0.4 is 5.73 Å². The molecule has 0 aliphatic rings. The summed E-state index contributed by atoms with van der Waals surface area (Å²) in [4.78, 5) is 0. The van der Waals surface area contributed by atoms with E-state index in [2.05, 4.69) is 39.5 Å². The van der Waals surface area contributed by atoms with Crippen molar-refractivity contribution in [3.63, 3.8) is 0 Å². The third-order valence-corrected chi connectivity index (χ3v) is 3.44. The first-order valence-corrected chi connectivity index (χ1v) is 6.63. The lowest BCUT2D eigenvalue weighted by Gasteiger charge is -2.17. The lowest BCUT2D eigenvalue weighted by Crippen LogP contribution is -2.06. The lowest BCUT2D eigenvalue weighted by atomic mass is 9.89. The zero-order chi connectivity index (χ0) is 12.8. The van der Waals surface area contributed by atoms with Crippen LogP contribution in [0.2, 0.25) is 0 Å². The van der Waals surface area contributed by atoms with E-state index in [1.165, 1.54) is 23.1 Å². The van der Waals surface area contributed by atoms with Gasteiger partial charge in [0.25, 0.3) is 0 Å². The molecular formula is C16H25N. The van der Waals surface area contributed by atoms with Crippen molar-refractivity contribution in [2.24, 2.45) is 5.92 Å². The zero-order valence-electron chi connectivity index (χ0n) is 11.4.